The first-order valence-electron chi connectivity index (χ1n) is 6.42. The molecule has 0 radical (unpaired) electrons. The maximum Gasteiger partial charge on any atom is 0.258 e. The summed E-state index contributed by atoms with van der Waals surface area (Å²) in [5.74, 6) is 0.221. The predicted molar refractivity (Wildman–Crippen MR) is 73.9 cm³/mol. The van der Waals surface area contributed by atoms with Gasteiger partial charge in [0.25, 0.3) is 5.91 Å². The summed E-state index contributed by atoms with van der Waals surface area (Å²) in [7, 11) is 1.68. The van der Waals surface area contributed by atoms with Crippen molar-refractivity contribution in [2.75, 3.05) is 20.3 Å². The highest BCUT2D eigenvalue weighted by Crippen LogP contribution is 2.14. The van der Waals surface area contributed by atoms with E-state index in [1.807, 2.05) is 31.2 Å². The maximum absolute atomic E-state index is 11.1. The fourth-order valence-corrected chi connectivity index (χ4v) is 1.60. The van der Waals surface area contributed by atoms with E-state index in [1.54, 1.807) is 7.11 Å². The van der Waals surface area contributed by atoms with Crippen molar-refractivity contribution in [2.45, 2.75) is 26.0 Å². The van der Waals surface area contributed by atoms with Crippen molar-refractivity contribution >= 4 is 5.91 Å². The molecule has 0 fully saturated rings. The van der Waals surface area contributed by atoms with Crippen molar-refractivity contribution in [1.29, 1.82) is 0 Å². The lowest BCUT2D eigenvalue weighted by Gasteiger charge is -2.14. The van der Waals surface area contributed by atoms with Crippen LogP contribution in [-0.2, 0) is 16.1 Å². The molecule has 106 valence electrons. The summed E-state index contributed by atoms with van der Waals surface area (Å²) in [6, 6.07) is 7.61. The second kappa shape index (κ2) is 8.50. The van der Waals surface area contributed by atoms with Crippen LogP contribution in [0.3, 0.4) is 0 Å². The standard InChI is InChI=1S/C14H22N2O3/c1-3-13(14(15)17)19-12-6-4-11(5-7-12)10-16-8-9-18-2/h4-7,13,16H,3,8-10H2,1-2H3,(H2,15,17). The molecule has 0 saturated carbocycles. The van der Waals surface area contributed by atoms with E-state index in [1.165, 1.54) is 0 Å². The summed E-state index contributed by atoms with van der Waals surface area (Å²) in [5.41, 5.74) is 6.38. The van der Waals surface area contributed by atoms with Gasteiger partial charge >= 0.3 is 0 Å². The summed E-state index contributed by atoms with van der Waals surface area (Å²) in [6.45, 7) is 4.15. The fraction of sp³-hybridized carbons (Fsp3) is 0.500. The van der Waals surface area contributed by atoms with Crippen molar-refractivity contribution < 1.29 is 14.3 Å². The number of carbonyl (C=O) groups excluding carboxylic acids is 1. The zero-order chi connectivity index (χ0) is 14.1. The molecule has 1 amide bonds. The molecule has 0 aromatic heterocycles. The molecule has 5 heteroatoms. The van der Waals surface area contributed by atoms with Crippen LogP contribution in [-0.4, -0.2) is 32.3 Å². The van der Waals surface area contributed by atoms with Crippen LogP contribution in [0.25, 0.3) is 0 Å². The molecule has 19 heavy (non-hydrogen) atoms. The second-order valence-corrected chi connectivity index (χ2v) is 4.23. The van der Waals surface area contributed by atoms with Gasteiger partial charge in [-0.2, -0.15) is 0 Å². The Morgan fingerprint density at radius 1 is 1.37 bits per heavy atom. The van der Waals surface area contributed by atoms with E-state index in [9.17, 15) is 4.79 Å². The summed E-state index contributed by atoms with van der Waals surface area (Å²) in [4.78, 5) is 11.1. The van der Waals surface area contributed by atoms with Crippen molar-refractivity contribution in [3.63, 3.8) is 0 Å². The average Bonchev–Trinajstić information content (AvgIpc) is 2.42. The lowest BCUT2D eigenvalue weighted by Crippen LogP contribution is -2.32. The van der Waals surface area contributed by atoms with Crippen LogP contribution >= 0.6 is 0 Å². The number of rotatable bonds is 9. The summed E-state index contributed by atoms with van der Waals surface area (Å²) >= 11 is 0. The van der Waals surface area contributed by atoms with Gasteiger partial charge in [0, 0.05) is 20.2 Å². The summed E-state index contributed by atoms with van der Waals surface area (Å²) in [5, 5.41) is 3.25. The Kier molecular flexibility index (Phi) is 6.92. The number of amides is 1. The first kappa shape index (κ1) is 15.5. The molecule has 1 atom stereocenters. The Labute approximate surface area is 114 Å². The van der Waals surface area contributed by atoms with E-state index in [4.69, 9.17) is 15.2 Å². The van der Waals surface area contributed by atoms with Crippen LogP contribution in [0.2, 0.25) is 0 Å². The third-order valence-electron chi connectivity index (χ3n) is 2.70. The predicted octanol–water partition coefficient (Wildman–Crippen LogP) is 1.07. The highest BCUT2D eigenvalue weighted by Gasteiger charge is 2.14. The molecule has 0 saturated heterocycles. The van der Waals surface area contributed by atoms with Gasteiger partial charge in [-0.3, -0.25) is 4.79 Å². The third-order valence-corrected chi connectivity index (χ3v) is 2.70. The molecule has 1 rings (SSSR count). The van der Waals surface area contributed by atoms with E-state index in [-0.39, 0.29) is 0 Å². The maximum atomic E-state index is 11.1. The van der Waals surface area contributed by atoms with Crippen LogP contribution in [0, 0.1) is 0 Å². The van der Waals surface area contributed by atoms with Gasteiger partial charge in [0.15, 0.2) is 6.10 Å². The first-order chi connectivity index (χ1) is 9.17. The Bertz CT molecular complexity index is 379. The van der Waals surface area contributed by atoms with Crippen LogP contribution in [0.1, 0.15) is 18.9 Å². The average molecular weight is 266 g/mol. The Hall–Kier alpha value is -1.59. The van der Waals surface area contributed by atoms with Gasteiger partial charge in [0.1, 0.15) is 5.75 Å². The van der Waals surface area contributed by atoms with Crippen molar-refractivity contribution in [3.05, 3.63) is 29.8 Å². The van der Waals surface area contributed by atoms with Gasteiger partial charge in [-0.25, -0.2) is 0 Å². The number of nitrogens with one attached hydrogen (secondary N) is 1. The highest BCUT2D eigenvalue weighted by atomic mass is 16.5. The minimum atomic E-state index is -0.564. The minimum absolute atomic E-state index is 0.437. The number of primary amides is 1. The molecule has 1 unspecified atom stereocenters. The molecule has 5 nitrogen and oxygen atoms in total. The Morgan fingerprint density at radius 3 is 2.58 bits per heavy atom. The largest absolute Gasteiger partial charge is 0.481 e. The lowest BCUT2D eigenvalue weighted by molar-refractivity contribution is -0.124. The van der Waals surface area contributed by atoms with Gasteiger partial charge in [-0.1, -0.05) is 19.1 Å². The van der Waals surface area contributed by atoms with Gasteiger partial charge in [-0.15, -0.1) is 0 Å². The van der Waals surface area contributed by atoms with Gasteiger partial charge in [0.2, 0.25) is 0 Å². The summed E-state index contributed by atoms with van der Waals surface area (Å²) < 4.78 is 10.5. The summed E-state index contributed by atoms with van der Waals surface area (Å²) in [6.07, 6.45) is 0.000950. The molecule has 0 aliphatic heterocycles. The number of carbonyl (C=O) groups is 1. The molecular formula is C14H22N2O3. The first-order valence-corrected chi connectivity index (χ1v) is 6.42. The van der Waals surface area contributed by atoms with Gasteiger partial charge in [0.05, 0.1) is 6.61 Å². The lowest BCUT2D eigenvalue weighted by atomic mass is 10.2. The third kappa shape index (κ3) is 5.72. The molecule has 0 bridgehead atoms. The molecule has 0 aliphatic rings. The van der Waals surface area contributed by atoms with Gasteiger partial charge in [-0.05, 0) is 24.1 Å². The van der Waals surface area contributed by atoms with Crippen LogP contribution in [0.5, 0.6) is 5.75 Å². The van der Waals surface area contributed by atoms with E-state index >= 15 is 0 Å². The topological polar surface area (TPSA) is 73.6 Å². The molecule has 0 aliphatic carbocycles. The second-order valence-electron chi connectivity index (χ2n) is 4.23. The minimum Gasteiger partial charge on any atom is -0.481 e. The van der Waals surface area contributed by atoms with E-state index < -0.39 is 12.0 Å². The molecular weight excluding hydrogens is 244 g/mol. The number of ether oxygens (including phenoxy) is 2. The van der Waals surface area contributed by atoms with E-state index in [0.29, 0.717) is 18.8 Å². The fourth-order valence-electron chi connectivity index (χ4n) is 1.60. The Balaban J connectivity index is 2.44. The monoisotopic (exact) mass is 266 g/mol. The van der Waals surface area contributed by atoms with Gasteiger partial charge < -0.3 is 20.5 Å². The normalized spacial score (nSPS) is 12.1. The Morgan fingerprint density at radius 2 is 2.05 bits per heavy atom. The quantitative estimate of drug-likeness (QED) is 0.656. The number of hydrogen-bond acceptors (Lipinski definition) is 4. The zero-order valence-electron chi connectivity index (χ0n) is 11.5. The molecule has 0 spiro atoms. The number of hydrogen-bond donors (Lipinski definition) is 2. The molecule has 3 N–H and O–H groups in total. The molecule has 1 aromatic rings. The van der Waals surface area contributed by atoms with Crippen molar-refractivity contribution in [3.8, 4) is 5.75 Å². The smallest absolute Gasteiger partial charge is 0.258 e. The SMILES string of the molecule is CCC(Oc1ccc(CNCCOC)cc1)C(N)=O. The molecule has 0 heterocycles. The van der Waals surface area contributed by atoms with Crippen LogP contribution in [0.4, 0.5) is 0 Å². The van der Waals surface area contributed by atoms with Crippen molar-refractivity contribution in [1.82, 2.24) is 5.32 Å². The number of benzene rings is 1. The number of methoxy groups -OCH3 is 1. The van der Waals surface area contributed by atoms with E-state index in [0.717, 1.165) is 18.7 Å². The molecule has 1 aromatic carbocycles. The zero-order valence-corrected chi connectivity index (χ0v) is 11.5. The van der Waals surface area contributed by atoms with Crippen LogP contribution < -0.4 is 15.8 Å². The number of nitrogens with two attached hydrogens (primary N) is 1. The highest BCUT2D eigenvalue weighted by molar-refractivity contribution is 5.79. The van der Waals surface area contributed by atoms with Crippen molar-refractivity contribution in [2.24, 2.45) is 5.73 Å². The van der Waals surface area contributed by atoms with Crippen LogP contribution in [0.15, 0.2) is 24.3 Å². The van der Waals surface area contributed by atoms with E-state index in [2.05, 4.69) is 5.32 Å².